The molecule has 17 heavy (non-hydrogen) atoms. The molecule has 0 aromatic carbocycles. The van der Waals surface area contributed by atoms with Crippen LogP contribution in [-0.2, 0) is 18.4 Å². The number of carbonyl (C=O) groups excluding carboxylic acids is 2. The summed E-state index contributed by atoms with van der Waals surface area (Å²) < 4.78 is 24.0. The van der Waals surface area contributed by atoms with Gasteiger partial charge in [0.05, 0.1) is 0 Å². The quantitative estimate of drug-likeness (QED) is 0.586. The third-order valence-electron chi connectivity index (χ3n) is 1.56. The molecular weight excluding hydrogens is 259 g/mol. The molecule has 0 fully saturated rings. The van der Waals surface area contributed by atoms with E-state index in [1.807, 2.05) is 0 Å². The van der Waals surface area contributed by atoms with Gasteiger partial charge in [0.2, 0.25) is 16.6 Å². The van der Waals surface area contributed by atoms with Gasteiger partial charge in [0.1, 0.15) is 0 Å². The van der Waals surface area contributed by atoms with Crippen LogP contribution in [-0.4, -0.2) is 34.2 Å². The number of halogens is 1. The highest BCUT2D eigenvalue weighted by molar-refractivity contribution is 6.72. The normalized spacial score (nSPS) is 13.2. The predicted octanol–water partition coefficient (Wildman–Crippen LogP) is 2.47. The average Bonchev–Trinajstić information content (AvgIpc) is 1.96. The maximum Gasteiger partial charge on any atom is 0.342 e. The van der Waals surface area contributed by atoms with Gasteiger partial charge in [-0.1, -0.05) is 0 Å². The molecule has 0 radical (unpaired) electrons. The number of rotatable bonds is 4. The molecule has 0 saturated carbocycles. The fourth-order valence-electron chi connectivity index (χ4n) is 0.831. The first-order valence-electron chi connectivity index (χ1n) is 5.41. The minimum atomic E-state index is -2.72. The minimum Gasteiger partial charge on any atom is -0.517 e. The lowest BCUT2D eigenvalue weighted by Gasteiger charge is -2.26. The summed E-state index contributed by atoms with van der Waals surface area (Å²) in [6.45, 7) is 11.3. The van der Waals surface area contributed by atoms with E-state index in [4.69, 9.17) is 8.85 Å². The summed E-state index contributed by atoms with van der Waals surface area (Å²) in [5.41, 5.74) is -2.72. The van der Waals surface area contributed by atoms with Crippen molar-refractivity contribution in [3.63, 3.8) is 0 Å². The first kappa shape index (κ1) is 16.3. The molecule has 0 atom stereocenters. The molecule has 0 unspecified atom stereocenters. The molecule has 0 amide bonds. The van der Waals surface area contributed by atoms with Crippen LogP contribution in [0.1, 0.15) is 6.92 Å². The second-order valence-electron chi connectivity index (χ2n) is 6.01. The van der Waals surface area contributed by atoms with Crippen LogP contribution in [0.2, 0.25) is 39.3 Å². The monoisotopic (exact) mass is 280 g/mol. The van der Waals surface area contributed by atoms with Crippen molar-refractivity contribution in [3.8, 4) is 0 Å². The molecule has 0 heterocycles. The lowest BCUT2D eigenvalue weighted by atomic mass is 10.1. The Morgan fingerprint density at radius 3 is 1.29 bits per heavy atom. The zero-order valence-electron chi connectivity index (χ0n) is 11.5. The van der Waals surface area contributed by atoms with Crippen molar-refractivity contribution < 1.29 is 22.8 Å². The summed E-state index contributed by atoms with van der Waals surface area (Å²) in [4.78, 5) is 23.1. The van der Waals surface area contributed by atoms with Crippen molar-refractivity contribution in [2.75, 3.05) is 0 Å². The molecule has 0 aliphatic heterocycles. The molecule has 0 rings (SSSR count). The Morgan fingerprint density at radius 2 is 1.12 bits per heavy atom. The van der Waals surface area contributed by atoms with E-state index in [0.717, 1.165) is 6.92 Å². The highest BCUT2D eigenvalue weighted by Crippen LogP contribution is 2.20. The van der Waals surface area contributed by atoms with Crippen molar-refractivity contribution in [1.29, 1.82) is 0 Å². The van der Waals surface area contributed by atoms with Gasteiger partial charge < -0.3 is 8.85 Å². The summed E-state index contributed by atoms with van der Waals surface area (Å²) in [6, 6.07) is 0. The van der Waals surface area contributed by atoms with E-state index in [-0.39, 0.29) is 0 Å². The second-order valence-corrected chi connectivity index (χ2v) is 14.9. The van der Waals surface area contributed by atoms with E-state index in [9.17, 15) is 14.0 Å². The molecule has 4 nitrogen and oxygen atoms in total. The lowest BCUT2D eigenvalue weighted by molar-refractivity contribution is -0.162. The van der Waals surface area contributed by atoms with Gasteiger partial charge in [-0.2, -0.15) is 0 Å². The molecule has 7 heteroatoms. The Morgan fingerprint density at radius 1 is 0.882 bits per heavy atom. The van der Waals surface area contributed by atoms with Gasteiger partial charge in [0.15, 0.2) is 0 Å². The first-order valence-corrected chi connectivity index (χ1v) is 12.2. The van der Waals surface area contributed by atoms with Crippen LogP contribution in [0.4, 0.5) is 4.39 Å². The van der Waals surface area contributed by atoms with E-state index in [2.05, 4.69) is 0 Å². The van der Waals surface area contributed by atoms with Crippen molar-refractivity contribution in [3.05, 3.63) is 0 Å². The summed E-state index contributed by atoms with van der Waals surface area (Å²) in [5, 5.41) is 0. The molecule has 0 N–H and O–H groups in total. The number of alkyl halides is 1. The van der Waals surface area contributed by atoms with Gasteiger partial charge in [0, 0.05) is 0 Å². The van der Waals surface area contributed by atoms with E-state index < -0.39 is 34.2 Å². The van der Waals surface area contributed by atoms with Crippen LogP contribution in [0, 0.1) is 0 Å². The van der Waals surface area contributed by atoms with Crippen molar-refractivity contribution in [2.24, 2.45) is 0 Å². The fraction of sp³-hybridized carbons (Fsp3) is 0.800. The van der Waals surface area contributed by atoms with E-state index in [1.54, 1.807) is 39.3 Å². The van der Waals surface area contributed by atoms with E-state index in [0.29, 0.717) is 0 Å². The van der Waals surface area contributed by atoms with Crippen LogP contribution < -0.4 is 0 Å². The highest BCUT2D eigenvalue weighted by atomic mass is 28.4. The van der Waals surface area contributed by atoms with E-state index >= 15 is 0 Å². The third-order valence-corrected chi connectivity index (χ3v) is 3.16. The van der Waals surface area contributed by atoms with Crippen molar-refractivity contribution >= 4 is 28.6 Å². The fourth-order valence-corrected chi connectivity index (χ4v) is 2.33. The lowest BCUT2D eigenvalue weighted by Crippen LogP contribution is -2.48. The summed E-state index contributed by atoms with van der Waals surface area (Å²) in [5.74, 6) is -2.31. The van der Waals surface area contributed by atoms with Crippen LogP contribution in [0.5, 0.6) is 0 Å². The maximum absolute atomic E-state index is 14.0. The molecule has 0 aliphatic carbocycles. The number of hydrogen-bond donors (Lipinski definition) is 0. The highest BCUT2D eigenvalue weighted by Gasteiger charge is 2.47. The second kappa shape index (κ2) is 4.89. The maximum atomic E-state index is 14.0. The van der Waals surface area contributed by atoms with Gasteiger partial charge in [-0.15, -0.1) is 0 Å². The molecule has 0 aliphatic rings. The SMILES string of the molecule is CC(F)(C(=O)O[Si](C)(C)C)C(=O)O[Si](C)(C)C. The van der Waals surface area contributed by atoms with Gasteiger partial charge in [-0.05, 0) is 46.2 Å². The average molecular weight is 280 g/mol. The van der Waals surface area contributed by atoms with Crippen molar-refractivity contribution in [1.82, 2.24) is 0 Å². The van der Waals surface area contributed by atoms with Gasteiger partial charge in [-0.3, -0.25) is 0 Å². The summed E-state index contributed by atoms with van der Waals surface area (Å²) >= 11 is 0. The molecule has 0 spiro atoms. The van der Waals surface area contributed by atoms with Crippen LogP contribution in [0.3, 0.4) is 0 Å². The molecule has 0 bridgehead atoms. The Labute approximate surface area is 104 Å². The molecule has 0 saturated heterocycles. The number of carbonyl (C=O) groups is 2. The van der Waals surface area contributed by atoms with Crippen LogP contribution >= 0.6 is 0 Å². The third kappa shape index (κ3) is 5.97. The summed E-state index contributed by atoms with van der Waals surface area (Å²) in [7, 11) is -4.44. The molecule has 0 aromatic rings. The Kier molecular flexibility index (Phi) is 4.69. The van der Waals surface area contributed by atoms with Gasteiger partial charge >= 0.3 is 11.9 Å². The minimum absolute atomic E-state index is 0.887. The summed E-state index contributed by atoms with van der Waals surface area (Å²) in [6.07, 6.45) is 0. The van der Waals surface area contributed by atoms with Crippen LogP contribution in [0.15, 0.2) is 0 Å². The molecule has 100 valence electrons. The predicted molar refractivity (Wildman–Crippen MR) is 68.4 cm³/mol. The smallest absolute Gasteiger partial charge is 0.342 e. The molecular formula is C10H21FO4Si2. The largest absolute Gasteiger partial charge is 0.517 e. The van der Waals surface area contributed by atoms with Gasteiger partial charge in [-0.25, -0.2) is 14.0 Å². The molecule has 0 aromatic heterocycles. The first-order chi connectivity index (χ1) is 7.26. The topological polar surface area (TPSA) is 52.6 Å². The van der Waals surface area contributed by atoms with Crippen LogP contribution in [0.25, 0.3) is 0 Å². The Balaban J connectivity index is 4.78. The number of hydrogen-bond acceptors (Lipinski definition) is 4. The zero-order valence-corrected chi connectivity index (χ0v) is 13.5. The Hall–Kier alpha value is -0.696. The van der Waals surface area contributed by atoms with Crippen molar-refractivity contribution in [2.45, 2.75) is 51.9 Å². The Bertz CT molecular complexity index is 285. The van der Waals surface area contributed by atoms with E-state index in [1.165, 1.54) is 0 Å². The standard InChI is InChI=1S/C10H21FO4Si2/c1-10(11,8(12)14-16(2,3)4)9(13)15-17(5,6)7/h1-7H3. The van der Waals surface area contributed by atoms with Gasteiger partial charge in [0.25, 0.3) is 5.67 Å². The zero-order chi connectivity index (χ0) is 14.1.